The summed E-state index contributed by atoms with van der Waals surface area (Å²) in [5, 5.41) is 2.67. The third-order valence-corrected chi connectivity index (χ3v) is 8.07. The monoisotopic (exact) mass is 768 g/mol. The molecule has 2 amide bonds. The third kappa shape index (κ3) is 14.3. The fourth-order valence-corrected chi connectivity index (χ4v) is 5.44. The van der Waals surface area contributed by atoms with Crippen LogP contribution >= 0.6 is 0 Å². The standard InChI is InChI=1S/C44H52N2O10/c1-31(2)54-40-37(51-6)25-24-35(28-46(43(50)56-44(3,4)5)26-16-23-38(47)52-29-33-19-12-8-13-20-33)39(40)55-41(48)36(27-32-17-10-7-11-18-32)45-42(49)53-30-34-21-14-9-15-22-34/h7-15,17-22,24-25,31,36H,16,23,26-30H2,1-6H3,(H,45,49)/t36-/m0/s1. The molecular formula is C44H52N2O10. The van der Waals surface area contributed by atoms with E-state index in [-0.39, 0.29) is 68.9 Å². The van der Waals surface area contributed by atoms with Crippen LogP contribution < -0.4 is 19.5 Å². The largest absolute Gasteiger partial charge is 0.493 e. The Labute approximate surface area is 329 Å². The van der Waals surface area contributed by atoms with Gasteiger partial charge >= 0.3 is 24.1 Å². The highest BCUT2D eigenvalue weighted by Gasteiger charge is 2.30. The van der Waals surface area contributed by atoms with Gasteiger partial charge < -0.3 is 38.6 Å². The zero-order valence-electron chi connectivity index (χ0n) is 32.9. The van der Waals surface area contributed by atoms with Gasteiger partial charge in [0.25, 0.3) is 0 Å². The van der Waals surface area contributed by atoms with Gasteiger partial charge in [-0.3, -0.25) is 4.79 Å². The number of nitrogens with one attached hydrogen (secondary N) is 1. The van der Waals surface area contributed by atoms with Crippen LogP contribution in [0.1, 0.15) is 69.7 Å². The predicted molar refractivity (Wildman–Crippen MR) is 210 cm³/mol. The number of alkyl carbamates (subject to hydrolysis) is 1. The molecule has 0 saturated heterocycles. The first-order chi connectivity index (χ1) is 26.8. The second-order valence-corrected chi connectivity index (χ2v) is 14.3. The number of hydrogen-bond donors (Lipinski definition) is 1. The number of nitrogens with zero attached hydrogens (tertiary/aromatic N) is 1. The Morgan fingerprint density at radius 1 is 0.732 bits per heavy atom. The van der Waals surface area contributed by atoms with Crippen molar-refractivity contribution < 1.29 is 47.6 Å². The van der Waals surface area contributed by atoms with E-state index in [1.54, 1.807) is 32.9 Å². The first-order valence-corrected chi connectivity index (χ1v) is 18.6. The minimum atomic E-state index is -1.18. The van der Waals surface area contributed by atoms with Crippen molar-refractivity contribution in [1.82, 2.24) is 10.2 Å². The van der Waals surface area contributed by atoms with Gasteiger partial charge in [0.1, 0.15) is 24.9 Å². The Morgan fingerprint density at radius 2 is 1.30 bits per heavy atom. The van der Waals surface area contributed by atoms with Gasteiger partial charge in [-0.15, -0.1) is 0 Å². The number of benzene rings is 4. The molecule has 0 fully saturated rings. The van der Waals surface area contributed by atoms with E-state index in [4.69, 9.17) is 28.4 Å². The van der Waals surface area contributed by atoms with Crippen molar-refractivity contribution in [1.29, 1.82) is 0 Å². The van der Waals surface area contributed by atoms with E-state index in [2.05, 4.69) is 5.32 Å². The molecule has 12 nitrogen and oxygen atoms in total. The Balaban J connectivity index is 1.61. The van der Waals surface area contributed by atoms with E-state index in [9.17, 15) is 19.2 Å². The molecule has 1 N–H and O–H groups in total. The summed E-state index contributed by atoms with van der Waals surface area (Å²) in [5.41, 5.74) is 1.97. The second kappa shape index (κ2) is 21.2. The lowest BCUT2D eigenvalue weighted by molar-refractivity contribution is -0.145. The molecule has 12 heteroatoms. The predicted octanol–water partition coefficient (Wildman–Crippen LogP) is 8.19. The lowest BCUT2D eigenvalue weighted by Gasteiger charge is -2.29. The minimum absolute atomic E-state index is 0.00254. The van der Waals surface area contributed by atoms with Crippen LogP contribution in [0, 0.1) is 0 Å². The van der Waals surface area contributed by atoms with Gasteiger partial charge in [-0.25, -0.2) is 14.4 Å². The number of rotatable bonds is 18. The second-order valence-electron chi connectivity index (χ2n) is 14.3. The highest BCUT2D eigenvalue weighted by molar-refractivity contribution is 5.84. The van der Waals surface area contributed by atoms with Crippen molar-refractivity contribution >= 4 is 24.1 Å². The van der Waals surface area contributed by atoms with Crippen LogP contribution in [-0.2, 0) is 50.0 Å². The maximum absolute atomic E-state index is 14.2. The summed E-state index contributed by atoms with van der Waals surface area (Å²) in [6.07, 6.45) is -1.42. The molecule has 0 heterocycles. The average molecular weight is 769 g/mol. The van der Waals surface area contributed by atoms with Gasteiger partial charge in [0.05, 0.1) is 19.8 Å². The lowest BCUT2D eigenvalue weighted by atomic mass is 10.1. The van der Waals surface area contributed by atoms with Crippen LogP contribution in [0.15, 0.2) is 103 Å². The number of carbonyl (C=O) groups is 4. The first-order valence-electron chi connectivity index (χ1n) is 18.6. The van der Waals surface area contributed by atoms with Crippen molar-refractivity contribution in [2.45, 2.75) is 91.4 Å². The molecule has 1 atom stereocenters. The summed E-state index contributed by atoms with van der Waals surface area (Å²) in [6.45, 7) is 9.04. The molecule has 298 valence electrons. The van der Waals surface area contributed by atoms with Crippen molar-refractivity contribution in [3.63, 3.8) is 0 Å². The number of hydrogen-bond acceptors (Lipinski definition) is 10. The molecule has 56 heavy (non-hydrogen) atoms. The van der Waals surface area contributed by atoms with E-state index in [1.165, 1.54) is 12.0 Å². The van der Waals surface area contributed by atoms with Crippen molar-refractivity contribution in [2.24, 2.45) is 0 Å². The maximum Gasteiger partial charge on any atom is 0.410 e. The number of carbonyl (C=O) groups excluding carboxylic acids is 4. The Morgan fingerprint density at radius 3 is 1.86 bits per heavy atom. The van der Waals surface area contributed by atoms with E-state index in [0.717, 1.165) is 16.7 Å². The summed E-state index contributed by atoms with van der Waals surface area (Å²) in [5.74, 6) is -0.809. The molecule has 0 aliphatic carbocycles. The van der Waals surface area contributed by atoms with Crippen molar-refractivity contribution in [2.75, 3.05) is 13.7 Å². The van der Waals surface area contributed by atoms with Crippen LogP contribution in [0.5, 0.6) is 17.2 Å². The third-order valence-electron chi connectivity index (χ3n) is 8.07. The van der Waals surface area contributed by atoms with E-state index < -0.39 is 35.8 Å². The van der Waals surface area contributed by atoms with Crippen LogP contribution in [0.4, 0.5) is 9.59 Å². The molecule has 0 aromatic heterocycles. The van der Waals surface area contributed by atoms with Crippen LogP contribution in [-0.4, -0.2) is 60.4 Å². The SMILES string of the molecule is COc1ccc(CN(CCCC(=O)OCc2ccccc2)C(=O)OC(C)(C)C)c(OC(=O)[C@H](Cc2ccccc2)NC(=O)OCc2ccccc2)c1OC(C)C. The zero-order chi connectivity index (χ0) is 40.5. The Hall–Kier alpha value is -6.04. The Bertz CT molecular complexity index is 1860. The topological polar surface area (TPSA) is 139 Å². The highest BCUT2D eigenvalue weighted by atomic mass is 16.6. The number of amides is 2. The van der Waals surface area contributed by atoms with E-state index in [0.29, 0.717) is 5.56 Å². The number of ether oxygens (including phenoxy) is 6. The molecule has 0 radical (unpaired) electrons. The Kier molecular flexibility index (Phi) is 16.1. The zero-order valence-corrected chi connectivity index (χ0v) is 32.9. The smallest absolute Gasteiger partial charge is 0.410 e. The molecule has 0 bridgehead atoms. The van der Waals surface area contributed by atoms with Crippen LogP contribution in [0.3, 0.4) is 0 Å². The molecule has 0 spiro atoms. The quantitative estimate of drug-likeness (QED) is 0.0599. The molecular weight excluding hydrogens is 716 g/mol. The average Bonchev–Trinajstić information content (AvgIpc) is 3.17. The van der Waals surface area contributed by atoms with Gasteiger partial charge in [0.15, 0.2) is 11.5 Å². The van der Waals surface area contributed by atoms with E-state index >= 15 is 0 Å². The molecule has 0 saturated carbocycles. The van der Waals surface area contributed by atoms with Gasteiger partial charge in [-0.2, -0.15) is 0 Å². The molecule has 0 aliphatic rings. The van der Waals surface area contributed by atoms with Gasteiger partial charge in [-0.05, 0) is 69.9 Å². The number of methoxy groups -OCH3 is 1. The van der Waals surface area contributed by atoms with Gasteiger partial charge in [0.2, 0.25) is 5.75 Å². The summed E-state index contributed by atoms with van der Waals surface area (Å²) >= 11 is 0. The number of esters is 2. The van der Waals surface area contributed by atoms with Crippen LogP contribution in [0.2, 0.25) is 0 Å². The molecule has 4 aromatic carbocycles. The van der Waals surface area contributed by atoms with Crippen molar-refractivity contribution in [3.05, 3.63) is 125 Å². The fraction of sp³-hybridized carbons (Fsp3) is 0.364. The normalized spacial score (nSPS) is 11.6. The summed E-state index contributed by atoms with van der Waals surface area (Å²) in [7, 11) is 1.46. The first kappa shape index (κ1) is 42.7. The molecule has 4 rings (SSSR count). The molecule has 0 aliphatic heterocycles. The highest BCUT2D eigenvalue weighted by Crippen LogP contribution is 2.42. The van der Waals surface area contributed by atoms with Gasteiger partial charge in [0, 0.05) is 24.9 Å². The van der Waals surface area contributed by atoms with Crippen molar-refractivity contribution in [3.8, 4) is 17.2 Å². The van der Waals surface area contributed by atoms with Gasteiger partial charge in [-0.1, -0.05) is 91.0 Å². The minimum Gasteiger partial charge on any atom is -0.493 e. The lowest BCUT2D eigenvalue weighted by Crippen LogP contribution is -2.45. The van der Waals surface area contributed by atoms with Crippen LogP contribution in [0.25, 0.3) is 0 Å². The summed E-state index contributed by atoms with van der Waals surface area (Å²) < 4.78 is 34.6. The summed E-state index contributed by atoms with van der Waals surface area (Å²) in [4.78, 5) is 55.0. The fourth-order valence-electron chi connectivity index (χ4n) is 5.44. The maximum atomic E-state index is 14.2. The molecule has 4 aromatic rings. The molecule has 0 unspecified atom stereocenters. The summed E-state index contributed by atoms with van der Waals surface area (Å²) in [6, 6.07) is 29.8. The van der Waals surface area contributed by atoms with E-state index in [1.807, 2.05) is 105 Å².